The lowest BCUT2D eigenvalue weighted by molar-refractivity contribution is 0.0691. The first-order chi connectivity index (χ1) is 6.18. The van der Waals surface area contributed by atoms with E-state index in [0.717, 1.165) is 0 Å². The Kier molecular flexibility index (Phi) is 1.51. The zero-order valence-corrected chi connectivity index (χ0v) is 6.41. The van der Waals surface area contributed by atoms with Crippen molar-refractivity contribution in [2.45, 2.75) is 0 Å². The molecule has 2 heterocycles. The van der Waals surface area contributed by atoms with Crippen LogP contribution in [-0.2, 0) is 0 Å². The summed E-state index contributed by atoms with van der Waals surface area (Å²) >= 11 is 0. The minimum absolute atomic E-state index is 0.350. The molecule has 13 heavy (non-hydrogen) atoms. The van der Waals surface area contributed by atoms with Gasteiger partial charge in [0.15, 0.2) is 0 Å². The van der Waals surface area contributed by atoms with Gasteiger partial charge in [-0.05, 0) is 12.1 Å². The van der Waals surface area contributed by atoms with Gasteiger partial charge in [-0.1, -0.05) is 0 Å². The number of aromatic nitrogens is 2. The van der Waals surface area contributed by atoms with Crippen LogP contribution in [0.3, 0.4) is 0 Å². The highest BCUT2D eigenvalue weighted by Crippen LogP contribution is 2.14. The second-order valence-corrected chi connectivity index (χ2v) is 2.55. The Bertz CT molecular complexity index is 478. The fraction of sp³-hybridized carbons (Fsp3) is 0. The molecule has 4 nitrogen and oxygen atoms in total. The first-order valence-electron chi connectivity index (χ1n) is 3.55. The summed E-state index contributed by atoms with van der Waals surface area (Å²) in [5.41, 5.74) is -0.0606. The molecule has 5 heteroatoms. The number of rotatable bonds is 1. The van der Waals surface area contributed by atoms with Gasteiger partial charge in [0.1, 0.15) is 11.2 Å². The zero-order valence-electron chi connectivity index (χ0n) is 6.41. The molecule has 2 rings (SSSR count). The average molecular weight is 180 g/mol. The minimum Gasteiger partial charge on any atom is -0.478 e. The third-order valence-corrected chi connectivity index (χ3v) is 1.72. The maximum atomic E-state index is 12.9. The number of aromatic amines is 1. The van der Waals surface area contributed by atoms with Crippen LogP contribution in [0, 0.1) is 5.95 Å². The minimum atomic E-state index is -1.31. The van der Waals surface area contributed by atoms with E-state index in [1.807, 2.05) is 0 Å². The second-order valence-electron chi connectivity index (χ2n) is 2.55. The highest BCUT2D eigenvalue weighted by Gasteiger charge is 2.12. The molecule has 0 fully saturated rings. The first-order valence-corrected chi connectivity index (χ1v) is 3.55. The van der Waals surface area contributed by atoms with E-state index in [1.165, 1.54) is 6.07 Å². The maximum Gasteiger partial charge on any atom is 0.340 e. The van der Waals surface area contributed by atoms with Gasteiger partial charge in [-0.3, -0.25) is 0 Å². The third kappa shape index (κ3) is 1.14. The van der Waals surface area contributed by atoms with Crippen LogP contribution in [-0.4, -0.2) is 21.0 Å². The van der Waals surface area contributed by atoms with Crippen molar-refractivity contribution in [3.05, 3.63) is 29.8 Å². The molecule has 2 aromatic rings. The summed E-state index contributed by atoms with van der Waals surface area (Å²) in [5.74, 6) is -2.28. The summed E-state index contributed by atoms with van der Waals surface area (Å²) in [6.07, 6.45) is 1.57. The van der Waals surface area contributed by atoms with Crippen LogP contribution >= 0.6 is 0 Å². The number of hydrogen-bond acceptors (Lipinski definition) is 2. The van der Waals surface area contributed by atoms with Crippen molar-refractivity contribution in [2.75, 3.05) is 0 Å². The van der Waals surface area contributed by atoms with Gasteiger partial charge in [-0.2, -0.15) is 4.39 Å². The quantitative estimate of drug-likeness (QED) is 0.652. The van der Waals surface area contributed by atoms with Crippen molar-refractivity contribution in [3.8, 4) is 0 Å². The van der Waals surface area contributed by atoms with Crippen LogP contribution in [0.1, 0.15) is 10.4 Å². The molecule has 2 aromatic heterocycles. The lowest BCUT2D eigenvalue weighted by atomic mass is 10.2. The number of pyridine rings is 1. The van der Waals surface area contributed by atoms with Gasteiger partial charge >= 0.3 is 5.97 Å². The van der Waals surface area contributed by atoms with E-state index in [2.05, 4.69) is 9.97 Å². The highest BCUT2D eigenvalue weighted by molar-refractivity contribution is 5.92. The van der Waals surface area contributed by atoms with Crippen molar-refractivity contribution in [1.29, 1.82) is 0 Å². The molecule has 0 aliphatic heterocycles. The molecule has 0 atom stereocenters. The second kappa shape index (κ2) is 2.55. The molecule has 0 aromatic carbocycles. The molecule has 0 aliphatic carbocycles. The van der Waals surface area contributed by atoms with E-state index >= 15 is 0 Å². The predicted octanol–water partition coefficient (Wildman–Crippen LogP) is 1.40. The predicted molar refractivity (Wildman–Crippen MR) is 43.0 cm³/mol. The van der Waals surface area contributed by atoms with Gasteiger partial charge in [0.2, 0.25) is 5.95 Å². The molecular weight excluding hydrogens is 175 g/mol. The molecule has 0 amide bonds. The van der Waals surface area contributed by atoms with E-state index < -0.39 is 17.5 Å². The standard InChI is InChI=1S/C8H5FN2O2/c9-6-5(8(12)13)3-4-1-2-10-7(4)11-6/h1-3H,(H,10,11)(H,12,13). The van der Waals surface area contributed by atoms with Crippen molar-refractivity contribution < 1.29 is 14.3 Å². The smallest absolute Gasteiger partial charge is 0.340 e. The Balaban J connectivity index is 2.76. The Morgan fingerprint density at radius 2 is 2.38 bits per heavy atom. The van der Waals surface area contributed by atoms with E-state index in [1.54, 1.807) is 12.3 Å². The Labute approximate surface area is 72.0 Å². The molecule has 2 N–H and O–H groups in total. The Hall–Kier alpha value is -1.91. The summed E-state index contributed by atoms with van der Waals surface area (Å²) in [6, 6.07) is 2.88. The number of halogens is 1. The zero-order chi connectivity index (χ0) is 9.42. The fourth-order valence-electron chi connectivity index (χ4n) is 1.11. The summed E-state index contributed by atoms with van der Waals surface area (Å²) in [5, 5.41) is 9.15. The number of nitrogens with one attached hydrogen (secondary N) is 1. The monoisotopic (exact) mass is 180 g/mol. The van der Waals surface area contributed by atoms with Crippen LogP contribution in [0.5, 0.6) is 0 Å². The van der Waals surface area contributed by atoms with Crippen LogP contribution in [0.4, 0.5) is 4.39 Å². The molecule has 0 spiro atoms. The molecule has 0 unspecified atom stereocenters. The van der Waals surface area contributed by atoms with Crippen LogP contribution in [0.25, 0.3) is 11.0 Å². The van der Waals surface area contributed by atoms with Gasteiger partial charge in [-0.25, -0.2) is 9.78 Å². The molecule has 0 aliphatic rings. The summed E-state index contributed by atoms with van der Waals surface area (Å²) in [7, 11) is 0. The number of carboxylic acid groups (broad SMARTS) is 1. The average Bonchev–Trinajstić information content (AvgIpc) is 2.48. The van der Waals surface area contributed by atoms with Crippen LogP contribution in [0.2, 0.25) is 0 Å². The fourth-order valence-corrected chi connectivity index (χ4v) is 1.11. The third-order valence-electron chi connectivity index (χ3n) is 1.72. The number of H-pyrrole nitrogens is 1. The molecular formula is C8H5FN2O2. The largest absolute Gasteiger partial charge is 0.478 e. The lowest BCUT2D eigenvalue weighted by Crippen LogP contribution is -2.02. The highest BCUT2D eigenvalue weighted by atomic mass is 19.1. The first kappa shape index (κ1) is 7.72. The number of carbonyl (C=O) groups is 1. The summed E-state index contributed by atoms with van der Waals surface area (Å²) in [6.45, 7) is 0. The topological polar surface area (TPSA) is 66.0 Å². The molecule has 0 radical (unpaired) electrons. The molecule has 0 saturated carbocycles. The number of carboxylic acids is 1. The normalized spacial score (nSPS) is 10.5. The SMILES string of the molecule is O=C(O)c1cc2cc[nH]c2nc1F. The molecule has 0 bridgehead atoms. The maximum absolute atomic E-state index is 12.9. The van der Waals surface area contributed by atoms with E-state index in [9.17, 15) is 9.18 Å². The van der Waals surface area contributed by atoms with Crippen molar-refractivity contribution >= 4 is 17.0 Å². The number of nitrogens with zero attached hydrogens (tertiary/aromatic N) is 1. The van der Waals surface area contributed by atoms with Gasteiger partial charge in [0, 0.05) is 11.6 Å². The van der Waals surface area contributed by atoms with Crippen molar-refractivity contribution in [1.82, 2.24) is 9.97 Å². The Morgan fingerprint density at radius 3 is 3.08 bits per heavy atom. The van der Waals surface area contributed by atoms with Crippen molar-refractivity contribution in [3.63, 3.8) is 0 Å². The molecule has 66 valence electrons. The summed E-state index contributed by atoms with van der Waals surface area (Å²) < 4.78 is 12.9. The van der Waals surface area contributed by atoms with Crippen LogP contribution in [0.15, 0.2) is 18.3 Å². The van der Waals surface area contributed by atoms with E-state index in [0.29, 0.717) is 11.0 Å². The van der Waals surface area contributed by atoms with Crippen molar-refractivity contribution in [2.24, 2.45) is 0 Å². The molecule has 0 saturated heterocycles. The Morgan fingerprint density at radius 1 is 1.62 bits per heavy atom. The van der Waals surface area contributed by atoms with E-state index in [4.69, 9.17) is 5.11 Å². The lowest BCUT2D eigenvalue weighted by Gasteiger charge is -1.95. The van der Waals surface area contributed by atoms with Gasteiger partial charge in [0.25, 0.3) is 0 Å². The van der Waals surface area contributed by atoms with Crippen LogP contribution < -0.4 is 0 Å². The van der Waals surface area contributed by atoms with Gasteiger partial charge in [0.05, 0.1) is 0 Å². The van der Waals surface area contributed by atoms with Gasteiger partial charge < -0.3 is 10.1 Å². The summed E-state index contributed by atoms with van der Waals surface area (Å²) in [4.78, 5) is 16.6. The van der Waals surface area contributed by atoms with E-state index in [-0.39, 0.29) is 0 Å². The number of hydrogen-bond donors (Lipinski definition) is 2. The van der Waals surface area contributed by atoms with Gasteiger partial charge in [-0.15, -0.1) is 0 Å². The number of aromatic carboxylic acids is 1. The number of fused-ring (bicyclic) bond motifs is 1.